The lowest BCUT2D eigenvalue weighted by Gasteiger charge is -2.12. The summed E-state index contributed by atoms with van der Waals surface area (Å²) >= 11 is 0. The van der Waals surface area contributed by atoms with Crippen molar-refractivity contribution in [3.8, 4) is 0 Å². The van der Waals surface area contributed by atoms with Crippen molar-refractivity contribution in [2.24, 2.45) is 0 Å². The van der Waals surface area contributed by atoms with E-state index in [2.05, 4.69) is 29.3 Å². The second kappa shape index (κ2) is 8.35. The van der Waals surface area contributed by atoms with Crippen LogP contribution in [-0.4, -0.2) is 18.7 Å². The van der Waals surface area contributed by atoms with Gasteiger partial charge < -0.3 is 4.57 Å². The van der Waals surface area contributed by atoms with Crippen LogP contribution in [0.2, 0.25) is 0 Å². The van der Waals surface area contributed by atoms with Gasteiger partial charge in [-0.15, -0.1) is 0 Å². The zero-order valence-corrected chi connectivity index (χ0v) is 18.2. The predicted molar refractivity (Wildman–Crippen MR) is 131 cm³/mol. The second-order valence-electron chi connectivity index (χ2n) is 7.99. The molecule has 0 N–H and O–H groups in total. The molecule has 0 aliphatic heterocycles. The lowest BCUT2D eigenvalue weighted by atomic mass is 10.0. The van der Waals surface area contributed by atoms with Gasteiger partial charge in [-0.05, 0) is 48.7 Å². The zero-order chi connectivity index (χ0) is 22.1. The van der Waals surface area contributed by atoms with Crippen molar-refractivity contribution < 1.29 is 0 Å². The molecule has 0 amide bonds. The number of rotatable bonds is 7. The molecule has 0 bridgehead atoms. The third-order valence-electron chi connectivity index (χ3n) is 6.09. The molecule has 0 radical (unpaired) electrons. The SMILES string of the molecule is C=C(CCn1c(Cn2c(=O)n(CC)c3ccccc32)nc2ccccc21)c1ccccc1. The molecule has 3 aromatic carbocycles. The molecule has 5 aromatic rings. The summed E-state index contributed by atoms with van der Waals surface area (Å²) in [5.41, 5.74) is 6.17. The molecule has 0 aliphatic carbocycles. The second-order valence-corrected chi connectivity index (χ2v) is 7.99. The van der Waals surface area contributed by atoms with E-state index in [1.807, 2.05) is 76.7 Å². The summed E-state index contributed by atoms with van der Waals surface area (Å²) in [4.78, 5) is 18.1. The van der Waals surface area contributed by atoms with Crippen molar-refractivity contribution in [1.82, 2.24) is 18.7 Å². The van der Waals surface area contributed by atoms with Crippen molar-refractivity contribution in [1.29, 1.82) is 0 Å². The van der Waals surface area contributed by atoms with Gasteiger partial charge in [0.05, 0.1) is 28.6 Å². The molecule has 0 atom stereocenters. The maximum atomic E-state index is 13.2. The number of hydrogen-bond donors (Lipinski definition) is 0. The van der Waals surface area contributed by atoms with Crippen LogP contribution < -0.4 is 5.69 Å². The minimum atomic E-state index is 0.000927. The van der Waals surface area contributed by atoms with Gasteiger partial charge >= 0.3 is 5.69 Å². The summed E-state index contributed by atoms with van der Waals surface area (Å²) in [7, 11) is 0. The fraction of sp³-hybridized carbons (Fsp3) is 0.185. The quantitative estimate of drug-likeness (QED) is 0.356. The van der Waals surface area contributed by atoms with Gasteiger partial charge in [-0.25, -0.2) is 9.78 Å². The van der Waals surface area contributed by atoms with Crippen LogP contribution in [0.15, 0.2) is 90.2 Å². The number of benzene rings is 3. The Hall–Kier alpha value is -3.86. The van der Waals surface area contributed by atoms with Crippen molar-refractivity contribution in [2.45, 2.75) is 33.0 Å². The number of allylic oxidation sites excluding steroid dienone is 1. The summed E-state index contributed by atoms with van der Waals surface area (Å²) in [6.45, 7) is 8.12. The first-order valence-electron chi connectivity index (χ1n) is 11.0. The average molecular weight is 423 g/mol. The van der Waals surface area contributed by atoms with Crippen molar-refractivity contribution in [2.75, 3.05) is 0 Å². The fourth-order valence-corrected chi connectivity index (χ4v) is 4.43. The first-order chi connectivity index (χ1) is 15.7. The number of hydrogen-bond acceptors (Lipinski definition) is 2. The number of para-hydroxylation sites is 4. The summed E-state index contributed by atoms with van der Waals surface area (Å²) in [6, 6.07) is 26.4. The molecule has 2 aromatic heterocycles. The molecule has 5 rings (SSSR count). The van der Waals surface area contributed by atoms with Crippen LogP contribution in [0.1, 0.15) is 24.7 Å². The number of aryl methyl sites for hydroxylation is 2. The molecule has 160 valence electrons. The number of imidazole rings is 2. The molecule has 0 unspecified atom stereocenters. The number of fused-ring (bicyclic) bond motifs is 2. The summed E-state index contributed by atoms with van der Waals surface area (Å²) in [5, 5.41) is 0. The van der Waals surface area contributed by atoms with Crippen molar-refractivity contribution in [3.05, 3.63) is 107 Å². The molecular formula is C27H26N4O. The molecule has 5 nitrogen and oxygen atoms in total. The summed E-state index contributed by atoms with van der Waals surface area (Å²) in [5.74, 6) is 0.883. The monoisotopic (exact) mass is 422 g/mol. The third kappa shape index (κ3) is 3.46. The van der Waals surface area contributed by atoms with Gasteiger partial charge in [0, 0.05) is 13.1 Å². The zero-order valence-electron chi connectivity index (χ0n) is 18.2. The van der Waals surface area contributed by atoms with E-state index in [4.69, 9.17) is 4.98 Å². The van der Waals surface area contributed by atoms with Crippen LogP contribution in [-0.2, 0) is 19.6 Å². The molecule has 5 heteroatoms. The van der Waals surface area contributed by atoms with E-state index in [1.54, 1.807) is 0 Å². The first kappa shape index (κ1) is 20.1. The maximum Gasteiger partial charge on any atom is 0.329 e. The fourth-order valence-electron chi connectivity index (χ4n) is 4.43. The van der Waals surface area contributed by atoms with E-state index in [-0.39, 0.29) is 5.69 Å². The number of nitrogens with zero attached hydrogens (tertiary/aromatic N) is 4. The maximum absolute atomic E-state index is 13.2. The van der Waals surface area contributed by atoms with Gasteiger partial charge in [-0.1, -0.05) is 61.2 Å². The molecule has 32 heavy (non-hydrogen) atoms. The van der Waals surface area contributed by atoms with Crippen LogP contribution in [0.5, 0.6) is 0 Å². The minimum absolute atomic E-state index is 0.000927. The molecule has 0 aliphatic rings. The van der Waals surface area contributed by atoms with Crippen LogP contribution in [0.3, 0.4) is 0 Å². The standard InChI is InChI=1S/C27H26N4O/c1-3-29-24-15-9-10-16-25(24)31(27(29)32)19-26-28-22-13-7-8-14-23(22)30(26)18-17-20(2)21-11-5-4-6-12-21/h4-16H,2-3,17-19H2,1H3. The van der Waals surface area contributed by atoms with E-state index in [0.29, 0.717) is 13.1 Å². The predicted octanol–water partition coefficient (Wildman–Crippen LogP) is 5.32. The topological polar surface area (TPSA) is 44.8 Å². The third-order valence-corrected chi connectivity index (χ3v) is 6.09. The smallest absolute Gasteiger partial charge is 0.326 e. The Kier molecular flexibility index (Phi) is 5.23. The minimum Gasteiger partial charge on any atom is -0.326 e. The Morgan fingerprint density at radius 3 is 2.16 bits per heavy atom. The van der Waals surface area contributed by atoms with Crippen LogP contribution in [0, 0.1) is 0 Å². The van der Waals surface area contributed by atoms with Gasteiger partial charge in [0.1, 0.15) is 5.82 Å². The average Bonchev–Trinajstić information content (AvgIpc) is 3.32. The normalized spacial score (nSPS) is 11.4. The Morgan fingerprint density at radius 2 is 1.44 bits per heavy atom. The Morgan fingerprint density at radius 1 is 0.812 bits per heavy atom. The van der Waals surface area contributed by atoms with E-state index >= 15 is 0 Å². The molecule has 0 saturated heterocycles. The highest BCUT2D eigenvalue weighted by atomic mass is 16.1. The summed E-state index contributed by atoms with van der Waals surface area (Å²) in [6.07, 6.45) is 0.809. The highest BCUT2D eigenvalue weighted by Gasteiger charge is 2.16. The molecule has 0 saturated carbocycles. The Balaban J connectivity index is 1.54. The van der Waals surface area contributed by atoms with Crippen LogP contribution in [0.4, 0.5) is 0 Å². The molecule has 2 heterocycles. The van der Waals surface area contributed by atoms with Crippen molar-refractivity contribution in [3.63, 3.8) is 0 Å². The highest BCUT2D eigenvalue weighted by Crippen LogP contribution is 2.22. The molecular weight excluding hydrogens is 396 g/mol. The van der Waals surface area contributed by atoms with E-state index < -0.39 is 0 Å². The van der Waals surface area contributed by atoms with Gasteiger partial charge in [-0.3, -0.25) is 9.13 Å². The molecule has 0 fully saturated rings. The van der Waals surface area contributed by atoms with E-state index in [1.165, 1.54) is 0 Å². The van der Waals surface area contributed by atoms with Gasteiger partial charge in [-0.2, -0.15) is 0 Å². The highest BCUT2D eigenvalue weighted by molar-refractivity contribution is 5.77. The van der Waals surface area contributed by atoms with Gasteiger partial charge in [0.15, 0.2) is 0 Å². The van der Waals surface area contributed by atoms with Crippen LogP contribution >= 0.6 is 0 Å². The summed E-state index contributed by atoms with van der Waals surface area (Å²) < 4.78 is 5.89. The lowest BCUT2D eigenvalue weighted by Crippen LogP contribution is -2.25. The number of aromatic nitrogens is 4. The largest absolute Gasteiger partial charge is 0.329 e. The lowest BCUT2D eigenvalue weighted by molar-refractivity contribution is 0.623. The van der Waals surface area contributed by atoms with E-state index in [9.17, 15) is 4.79 Å². The Bertz CT molecular complexity index is 1470. The van der Waals surface area contributed by atoms with Crippen molar-refractivity contribution >= 4 is 27.6 Å². The Labute approximate surface area is 186 Å². The van der Waals surface area contributed by atoms with Gasteiger partial charge in [0.2, 0.25) is 0 Å². The van der Waals surface area contributed by atoms with Gasteiger partial charge in [0.25, 0.3) is 0 Å². The van der Waals surface area contributed by atoms with Crippen LogP contribution in [0.25, 0.3) is 27.6 Å². The molecule has 0 spiro atoms. The van der Waals surface area contributed by atoms with E-state index in [0.717, 1.165) is 52.0 Å². The first-order valence-corrected chi connectivity index (χ1v) is 11.0.